The van der Waals surface area contributed by atoms with Gasteiger partial charge in [0.15, 0.2) is 5.96 Å². The molecule has 0 spiro atoms. The smallest absolute Gasteiger partial charge is 0.220 e. The number of pyridine rings is 1. The molecule has 0 bridgehead atoms. The number of carbonyl (C=O) groups is 1. The van der Waals surface area contributed by atoms with E-state index in [9.17, 15) is 4.79 Å². The van der Waals surface area contributed by atoms with Crippen molar-refractivity contribution in [3.63, 3.8) is 0 Å². The number of guanidine groups is 1. The summed E-state index contributed by atoms with van der Waals surface area (Å²) in [5.74, 6) is 1.50. The standard InChI is InChI=1S/C20H27N5O/c1-21-19(26)13-15-8-11-25(12-9-15)20(22-2)24-14-18-17-6-4-3-5-16(17)7-10-23-18/h3-7,10,15H,8-9,11-14H2,1-2H3,(H,21,26)(H,22,24). The van der Waals surface area contributed by atoms with Gasteiger partial charge in [-0.25, -0.2) is 0 Å². The summed E-state index contributed by atoms with van der Waals surface area (Å²) in [5, 5.41) is 8.53. The molecule has 1 aliphatic heterocycles. The maximum atomic E-state index is 11.6. The molecule has 2 aromatic rings. The van der Waals surface area contributed by atoms with E-state index in [4.69, 9.17) is 0 Å². The van der Waals surface area contributed by atoms with Crippen LogP contribution < -0.4 is 10.6 Å². The quantitative estimate of drug-likeness (QED) is 0.653. The Morgan fingerprint density at radius 3 is 2.77 bits per heavy atom. The number of piperidine rings is 1. The third-order valence-electron chi connectivity index (χ3n) is 5.05. The van der Waals surface area contributed by atoms with Crippen LogP contribution in [0.25, 0.3) is 10.8 Å². The number of fused-ring (bicyclic) bond motifs is 1. The molecule has 2 N–H and O–H groups in total. The lowest BCUT2D eigenvalue weighted by Gasteiger charge is -2.34. The van der Waals surface area contributed by atoms with Gasteiger partial charge in [-0.2, -0.15) is 0 Å². The minimum Gasteiger partial charge on any atom is -0.359 e. The van der Waals surface area contributed by atoms with E-state index in [1.165, 1.54) is 10.8 Å². The van der Waals surface area contributed by atoms with E-state index >= 15 is 0 Å². The Kier molecular flexibility index (Phi) is 6.04. The van der Waals surface area contributed by atoms with Gasteiger partial charge in [-0.1, -0.05) is 24.3 Å². The fraction of sp³-hybridized carbons (Fsp3) is 0.450. The lowest BCUT2D eigenvalue weighted by atomic mass is 9.93. The van der Waals surface area contributed by atoms with Crippen LogP contribution in [0.5, 0.6) is 0 Å². The molecule has 0 saturated carbocycles. The predicted octanol–water partition coefficient (Wildman–Crippen LogP) is 2.16. The Morgan fingerprint density at radius 1 is 1.27 bits per heavy atom. The first kappa shape index (κ1) is 18.2. The first-order valence-corrected chi connectivity index (χ1v) is 9.20. The van der Waals surface area contributed by atoms with Gasteiger partial charge in [-0.15, -0.1) is 0 Å². The Hall–Kier alpha value is -2.63. The van der Waals surface area contributed by atoms with Gasteiger partial charge in [-0.05, 0) is 30.2 Å². The van der Waals surface area contributed by atoms with Crippen molar-refractivity contribution in [2.45, 2.75) is 25.8 Å². The zero-order chi connectivity index (χ0) is 18.4. The highest BCUT2D eigenvalue weighted by Gasteiger charge is 2.23. The molecule has 6 heteroatoms. The van der Waals surface area contributed by atoms with Crippen molar-refractivity contribution in [3.8, 4) is 0 Å². The van der Waals surface area contributed by atoms with Crippen LogP contribution in [0.15, 0.2) is 41.5 Å². The first-order chi connectivity index (χ1) is 12.7. The van der Waals surface area contributed by atoms with Crippen molar-refractivity contribution in [2.24, 2.45) is 10.9 Å². The Labute approximate surface area is 154 Å². The van der Waals surface area contributed by atoms with Gasteiger partial charge in [0.05, 0.1) is 12.2 Å². The number of nitrogens with zero attached hydrogens (tertiary/aromatic N) is 3. The van der Waals surface area contributed by atoms with Crippen LogP contribution in [0, 0.1) is 5.92 Å². The number of aromatic nitrogens is 1. The number of carbonyl (C=O) groups excluding carboxylic acids is 1. The third-order valence-corrected chi connectivity index (χ3v) is 5.05. The molecule has 1 aromatic heterocycles. The highest BCUT2D eigenvalue weighted by Crippen LogP contribution is 2.21. The molecular weight excluding hydrogens is 326 g/mol. The maximum absolute atomic E-state index is 11.6. The van der Waals surface area contributed by atoms with E-state index in [1.54, 1.807) is 7.05 Å². The zero-order valence-corrected chi connectivity index (χ0v) is 15.5. The molecule has 0 radical (unpaired) electrons. The molecule has 6 nitrogen and oxygen atoms in total. The predicted molar refractivity (Wildman–Crippen MR) is 105 cm³/mol. The van der Waals surface area contributed by atoms with Gasteiger partial charge < -0.3 is 15.5 Å². The summed E-state index contributed by atoms with van der Waals surface area (Å²) >= 11 is 0. The van der Waals surface area contributed by atoms with Crippen LogP contribution in [0.4, 0.5) is 0 Å². The molecule has 2 heterocycles. The fourth-order valence-corrected chi connectivity index (χ4v) is 3.53. The van der Waals surface area contributed by atoms with Crippen molar-refractivity contribution >= 4 is 22.6 Å². The molecule has 1 amide bonds. The van der Waals surface area contributed by atoms with Gasteiger partial charge in [-0.3, -0.25) is 14.8 Å². The molecule has 1 fully saturated rings. The van der Waals surface area contributed by atoms with Crippen LogP contribution in [0.1, 0.15) is 25.0 Å². The van der Waals surface area contributed by atoms with Crippen LogP contribution in [-0.4, -0.2) is 48.9 Å². The number of hydrogen-bond donors (Lipinski definition) is 2. The summed E-state index contributed by atoms with van der Waals surface area (Å²) in [7, 11) is 3.51. The van der Waals surface area contributed by atoms with Gasteiger partial charge in [0.25, 0.3) is 0 Å². The number of amides is 1. The Morgan fingerprint density at radius 2 is 2.04 bits per heavy atom. The molecule has 0 aliphatic carbocycles. The Balaban J connectivity index is 1.58. The molecule has 0 atom stereocenters. The number of hydrogen-bond acceptors (Lipinski definition) is 3. The lowest BCUT2D eigenvalue weighted by molar-refractivity contribution is -0.121. The van der Waals surface area contributed by atoms with E-state index in [1.807, 2.05) is 31.4 Å². The highest BCUT2D eigenvalue weighted by molar-refractivity contribution is 5.85. The minimum absolute atomic E-state index is 0.132. The average Bonchev–Trinajstić information content (AvgIpc) is 2.69. The second-order valence-corrected chi connectivity index (χ2v) is 6.69. The molecule has 26 heavy (non-hydrogen) atoms. The van der Waals surface area contributed by atoms with Crippen molar-refractivity contribution < 1.29 is 4.79 Å². The van der Waals surface area contributed by atoms with E-state index in [0.29, 0.717) is 18.9 Å². The fourth-order valence-electron chi connectivity index (χ4n) is 3.53. The van der Waals surface area contributed by atoms with Gasteiger partial charge in [0.1, 0.15) is 0 Å². The second kappa shape index (κ2) is 8.65. The number of nitrogens with one attached hydrogen (secondary N) is 2. The van der Waals surface area contributed by atoms with Crippen LogP contribution in [-0.2, 0) is 11.3 Å². The van der Waals surface area contributed by atoms with E-state index in [0.717, 1.165) is 37.6 Å². The van der Waals surface area contributed by atoms with Crippen molar-refractivity contribution in [2.75, 3.05) is 27.2 Å². The largest absolute Gasteiger partial charge is 0.359 e. The number of benzene rings is 1. The second-order valence-electron chi connectivity index (χ2n) is 6.69. The number of aliphatic imine (C=N–C) groups is 1. The summed E-state index contributed by atoms with van der Waals surface area (Å²) in [4.78, 5) is 22.8. The Bertz CT molecular complexity index is 775. The molecular formula is C20H27N5O. The highest BCUT2D eigenvalue weighted by atomic mass is 16.1. The van der Waals surface area contributed by atoms with Crippen molar-refractivity contribution in [3.05, 3.63) is 42.2 Å². The van der Waals surface area contributed by atoms with Crippen molar-refractivity contribution in [1.29, 1.82) is 0 Å². The average molecular weight is 353 g/mol. The SMILES string of the molecule is CN=C(NCc1nccc2ccccc12)N1CCC(CC(=O)NC)CC1. The topological polar surface area (TPSA) is 69.6 Å². The zero-order valence-electron chi connectivity index (χ0n) is 15.5. The van der Waals surface area contributed by atoms with Crippen LogP contribution in [0.2, 0.25) is 0 Å². The minimum atomic E-state index is 0.132. The van der Waals surface area contributed by atoms with Crippen LogP contribution in [0.3, 0.4) is 0 Å². The monoisotopic (exact) mass is 353 g/mol. The molecule has 1 aliphatic rings. The van der Waals surface area contributed by atoms with E-state index in [2.05, 4.69) is 37.6 Å². The number of likely N-dealkylation sites (tertiary alicyclic amines) is 1. The molecule has 0 unspecified atom stereocenters. The molecule has 138 valence electrons. The van der Waals surface area contributed by atoms with E-state index in [-0.39, 0.29) is 5.91 Å². The first-order valence-electron chi connectivity index (χ1n) is 9.20. The maximum Gasteiger partial charge on any atom is 0.220 e. The lowest BCUT2D eigenvalue weighted by Crippen LogP contribution is -2.45. The summed E-state index contributed by atoms with van der Waals surface area (Å²) in [5.41, 5.74) is 1.03. The van der Waals surface area contributed by atoms with Crippen molar-refractivity contribution in [1.82, 2.24) is 20.5 Å². The van der Waals surface area contributed by atoms with Gasteiger partial charge >= 0.3 is 0 Å². The molecule has 1 saturated heterocycles. The third kappa shape index (κ3) is 4.31. The van der Waals surface area contributed by atoms with E-state index < -0.39 is 0 Å². The summed E-state index contributed by atoms with van der Waals surface area (Å²) < 4.78 is 0. The molecule has 3 rings (SSSR count). The number of rotatable bonds is 4. The summed E-state index contributed by atoms with van der Waals surface area (Å²) in [6.07, 6.45) is 4.50. The van der Waals surface area contributed by atoms with Gasteiger partial charge in [0.2, 0.25) is 5.91 Å². The molecule has 1 aromatic carbocycles. The normalized spacial score (nSPS) is 15.9. The van der Waals surface area contributed by atoms with Crippen LogP contribution >= 0.6 is 0 Å². The summed E-state index contributed by atoms with van der Waals surface area (Å²) in [6.45, 7) is 2.49. The summed E-state index contributed by atoms with van der Waals surface area (Å²) in [6, 6.07) is 10.3. The van der Waals surface area contributed by atoms with Gasteiger partial charge in [0, 0.05) is 45.2 Å².